The molecular formula is C27H27F3O5S. The van der Waals surface area contributed by atoms with Gasteiger partial charge in [0, 0.05) is 10.6 Å². The second-order valence-electron chi connectivity index (χ2n) is 7.95. The molecule has 0 heterocycles. The molecule has 1 N–H and O–H groups in total. The number of hydrogen-bond donors (Lipinski definition) is 1. The van der Waals surface area contributed by atoms with Crippen molar-refractivity contribution in [3.63, 3.8) is 0 Å². The fourth-order valence-electron chi connectivity index (χ4n) is 3.30. The molecule has 0 fully saturated rings. The first-order valence-electron chi connectivity index (χ1n) is 11.4. The number of rotatable bonds is 12. The van der Waals surface area contributed by atoms with Crippen LogP contribution in [0.1, 0.15) is 31.4 Å². The Morgan fingerprint density at radius 3 is 2.39 bits per heavy atom. The first-order valence-corrected chi connectivity index (χ1v) is 12.4. The number of hydrogen-bond acceptors (Lipinski definition) is 5. The van der Waals surface area contributed by atoms with Crippen molar-refractivity contribution in [1.82, 2.24) is 0 Å². The van der Waals surface area contributed by atoms with Gasteiger partial charge in [-0.1, -0.05) is 25.1 Å². The van der Waals surface area contributed by atoms with Crippen LogP contribution < -0.4 is 14.2 Å². The van der Waals surface area contributed by atoms with Crippen LogP contribution in [-0.4, -0.2) is 29.5 Å². The average Bonchev–Trinajstić information content (AvgIpc) is 2.84. The third-order valence-electron chi connectivity index (χ3n) is 5.13. The molecule has 0 bridgehead atoms. The van der Waals surface area contributed by atoms with E-state index in [0.717, 1.165) is 22.6 Å². The van der Waals surface area contributed by atoms with Gasteiger partial charge < -0.3 is 19.3 Å². The van der Waals surface area contributed by atoms with Crippen molar-refractivity contribution in [2.45, 2.75) is 43.9 Å². The third-order valence-corrected chi connectivity index (χ3v) is 6.15. The SMILES string of the molecule is CCc1cc(SCC[C@H](C)Oc2ccc(C(F)(F)F)cc2Oc2ccccc2)ccc1OCC(=O)O. The fraction of sp³-hybridized carbons (Fsp3) is 0.296. The molecule has 0 radical (unpaired) electrons. The van der Waals surface area contributed by atoms with Crippen LogP contribution >= 0.6 is 11.8 Å². The standard InChI is InChI=1S/C27H27F3O5S/c1-3-19-15-22(10-12-23(19)33-17-26(31)32)36-14-13-18(2)34-24-11-9-20(27(28,29)30)16-25(24)35-21-7-5-4-6-8-21/h4-12,15-16,18H,3,13-14,17H2,1-2H3,(H,31,32)/t18-/m0/s1. The topological polar surface area (TPSA) is 65.0 Å². The van der Waals surface area contributed by atoms with Crippen molar-refractivity contribution in [1.29, 1.82) is 0 Å². The van der Waals surface area contributed by atoms with E-state index in [2.05, 4.69) is 0 Å². The number of alkyl halides is 3. The van der Waals surface area contributed by atoms with Crippen LogP contribution in [0.5, 0.6) is 23.0 Å². The van der Waals surface area contributed by atoms with E-state index in [1.807, 2.05) is 26.0 Å². The molecule has 0 saturated heterocycles. The van der Waals surface area contributed by atoms with Gasteiger partial charge in [0.1, 0.15) is 11.5 Å². The minimum Gasteiger partial charge on any atom is -0.487 e. The van der Waals surface area contributed by atoms with E-state index in [-0.39, 0.29) is 17.6 Å². The summed E-state index contributed by atoms with van der Waals surface area (Å²) >= 11 is 1.60. The third kappa shape index (κ3) is 8.12. The van der Waals surface area contributed by atoms with Gasteiger partial charge >= 0.3 is 12.1 Å². The van der Waals surface area contributed by atoms with Crippen LogP contribution in [0.3, 0.4) is 0 Å². The predicted octanol–water partition coefficient (Wildman–Crippen LogP) is 7.47. The summed E-state index contributed by atoms with van der Waals surface area (Å²) in [6.45, 7) is 3.42. The van der Waals surface area contributed by atoms with Gasteiger partial charge in [-0.25, -0.2) is 4.79 Å². The second kappa shape index (κ2) is 12.6. The van der Waals surface area contributed by atoms with Gasteiger partial charge in [-0.05, 0) is 73.9 Å². The van der Waals surface area contributed by atoms with Crippen LogP contribution in [-0.2, 0) is 17.4 Å². The van der Waals surface area contributed by atoms with Gasteiger partial charge in [-0.15, -0.1) is 11.8 Å². The molecule has 9 heteroatoms. The second-order valence-corrected chi connectivity index (χ2v) is 9.11. The molecule has 1 atom stereocenters. The number of benzene rings is 3. The van der Waals surface area contributed by atoms with E-state index in [0.29, 0.717) is 30.1 Å². The molecule has 0 spiro atoms. The van der Waals surface area contributed by atoms with Crippen molar-refractivity contribution in [3.05, 3.63) is 77.9 Å². The lowest BCUT2D eigenvalue weighted by atomic mass is 10.1. The minimum absolute atomic E-state index is 0.0000605. The molecule has 36 heavy (non-hydrogen) atoms. The largest absolute Gasteiger partial charge is 0.487 e. The highest BCUT2D eigenvalue weighted by atomic mass is 32.2. The number of ether oxygens (including phenoxy) is 3. The summed E-state index contributed by atoms with van der Waals surface area (Å²) in [7, 11) is 0. The van der Waals surface area contributed by atoms with E-state index in [4.69, 9.17) is 19.3 Å². The Labute approximate surface area is 212 Å². The highest BCUT2D eigenvalue weighted by molar-refractivity contribution is 7.99. The molecule has 0 aliphatic carbocycles. The number of thioether (sulfide) groups is 1. The molecule has 0 unspecified atom stereocenters. The number of halogens is 3. The van der Waals surface area contributed by atoms with Gasteiger partial charge in [0.2, 0.25) is 0 Å². The molecule has 0 amide bonds. The molecule has 0 aliphatic heterocycles. The van der Waals surface area contributed by atoms with Crippen molar-refractivity contribution in [2.24, 2.45) is 0 Å². The van der Waals surface area contributed by atoms with Crippen LogP contribution in [0, 0.1) is 0 Å². The van der Waals surface area contributed by atoms with Crippen LogP contribution in [0.2, 0.25) is 0 Å². The lowest BCUT2D eigenvalue weighted by molar-refractivity contribution is -0.139. The molecule has 3 aromatic rings. The molecule has 0 aromatic heterocycles. The van der Waals surface area contributed by atoms with Crippen LogP contribution in [0.15, 0.2) is 71.6 Å². The quantitative estimate of drug-likeness (QED) is 0.250. The molecular weight excluding hydrogens is 493 g/mol. The van der Waals surface area contributed by atoms with Crippen LogP contribution in [0.4, 0.5) is 13.2 Å². The normalized spacial score (nSPS) is 12.1. The average molecular weight is 521 g/mol. The summed E-state index contributed by atoms with van der Waals surface area (Å²) in [5, 5.41) is 8.81. The maximum absolute atomic E-state index is 13.3. The number of aryl methyl sites for hydroxylation is 1. The monoisotopic (exact) mass is 520 g/mol. The van der Waals surface area contributed by atoms with Crippen LogP contribution in [0.25, 0.3) is 0 Å². The Hall–Kier alpha value is -3.33. The zero-order valence-electron chi connectivity index (χ0n) is 19.9. The maximum atomic E-state index is 13.3. The highest BCUT2D eigenvalue weighted by Crippen LogP contribution is 2.39. The zero-order chi connectivity index (χ0) is 26.1. The van der Waals surface area contributed by atoms with E-state index < -0.39 is 24.3 Å². The van der Waals surface area contributed by atoms with E-state index >= 15 is 0 Å². The molecule has 3 aromatic carbocycles. The number of carboxylic acids is 1. The summed E-state index contributed by atoms with van der Waals surface area (Å²) in [4.78, 5) is 11.8. The first-order chi connectivity index (χ1) is 17.2. The fourth-order valence-corrected chi connectivity index (χ4v) is 4.37. The summed E-state index contributed by atoms with van der Waals surface area (Å²) in [5.74, 6) is 0.865. The Morgan fingerprint density at radius 1 is 1.00 bits per heavy atom. The van der Waals surface area contributed by atoms with Gasteiger partial charge in [0.15, 0.2) is 18.1 Å². The Kier molecular flexibility index (Phi) is 9.52. The van der Waals surface area contributed by atoms with Crippen molar-refractivity contribution >= 4 is 17.7 Å². The van der Waals surface area contributed by atoms with Gasteiger partial charge in [-0.3, -0.25) is 0 Å². The molecule has 0 saturated carbocycles. The Balaban J connectivity index is 1.63. The lowest BCUT2D eigenvalue weighted by Gasteiger charge is -2.19. The predicted molar refractivity (Wildman–Crippen MR) is 132 cm³/mol. The summed E-state index contributed by atoms with van der Waals surface area (Å²) in [6, 6.07) is 17.4. The molecule has 3 rings (SSSR count). The maximum Gasteiger partial charge on any atom is 0.416 e. The molecule has 5 nitrogen and oxygen atoms in total. The van der Waals surface area contributed by atoms with Crippen molar-refractivity contribution < 1.29 is 37.3 Å². The molecule has 0 aliphatic rings. The van der Waals surface area contributed by atoms with E-state index in [1.54, 1.807) is 48.2 Å². The minimum atomic E-state index is -4.50. The van der Waals surface area contributed by atoms with Gasteiger partial charge in [-0.2, -0.15) is 13.2 Å². The first kappa shape index (κ1) is 27.3. The van der Waals surface area contributed by atoms with E-state index in [1.165, 1.54) is 6.07 Å². The smallest absolute Gasteiger partial charge is 0.416 e. The summed E-state index contributed by atoms with van der Waals surface area (Å²) < 4.78 is 56.8. The molecule has 192 valence electrons. The van der Waals surface area contributed by atoms with Gasteiger partial charge in [0.05, 0.1) is 11.7 Å². The Morgan fingerprint density at radius 2 is 1.72 bits per heavy atom. The number of para-hydroxylation sites is 1. The summed E-state index contributed by atoms with van der Waals surface area (Å²) in [6.07, 6.45) is -3.45. The number of carboxylic acid groups (broad SMARTS) is 1. The van der Waals surface area contributed by atoms with Crippen molar-refractivity contribution in [2.75, 3.05) is 12.4 Å². The number of carbonyl (C=O) groups is 1. The summed E-state index contributed by atoms with van der Waals surface area (Å²) in [5.41, 5.74) is 0.101. The van der Waals surface area contributed by atoms with Gasteiger partial charge in [0.25, 0.3) is 0 Å². The highest BCUT2D eigenvalue weighted by Gasteiger charge is 2.31. The zero-order valence-corrected chi connectivity index (χ0v) is 20.7. The van der Waals surface area contributed by atoms with Crippen molar-refractivity contribution in [3.8, 4) is 23.0 Å². The van der Waals surface area contributed by atoms with E-state index in [9.17, 15) is 18.0 Å². The number of aliphatic carboxylic acids is 1. The Bertz CT molecular complexity index is 1150. The lowest BCUT2D eigenvalue weighted by Crippen LogP contribution is -2.14.